The van der Waals surface area contributed by atoms with Crippen LogP contribution in [0.2, 0.25) is 0 Å². The van der Waals surface area contributed by atoms with Crippen molar-refractivity contribution in [3.05, 3.63) is 39.8 Å². The number of nitrogens with two attached hydrogens (primary N) is 1. The zero-order valence-corrected chi connectivity index (χ0v) is 11.2. The highest BCUT2D eigenvalue weighted by Gasteiger charge is 2.08. The first-order valence-electron chi connectivity index (χ1n) is 5.72. The summed E-state index contributed by atoms with van der Waals surface area (Å²) in [5, 5.41) is 8.83. The van der Waals surface area contributed by atoms with Crippen LogP contribution in [-0.4, -0.2) is 22.7 Å². The molecule has 19 heavy (non-hydrogen) atoms. The molecule has 2 rings (SSSR count). The van der Waals surface area contributed by atoms with Gasteiger partial charge in [-0.15, -0.1) is 11.3 Å². The number of carbonyl (C=O) groups is 1. The average molecular weight is 278 g/mol. The van der Waals surface area contributed by atoms with Gasteiger partial charge in [0.25, 0.3) is 0 Å². The topological polar surface area (TPSA) is 85.4 Å². The molecule has 100 valence electrons. The second kappa shape index (κ2) is 5.71. The summed E-state index contributed by atoms with van der Waals surface area (Å²) in [6.07, 6.45) is 0.761. The Morgan fingerprint density at radius 2 is 2.32 bits per heavy atom. The summed E-state index contributed by atoms with van der Waals surface area (Å²) in [6.45, 7) is 2.45. The zero-order valence-electron chi connectivity index (χ0n) is 10.4. The van der Waals surface area contributed by atoms with Gasteiger partial charge in [-0.05, 0) is 25.1 Å². The Hall–Kier alpha value is -2.08. The number of aromatic nitrogens is 1. The molecule has 0 atom stereocenters. The summed E-state index contributed by atoms with van der Waals surface area (Å²) in [5.41, 5.74) is 9.06. The Morgan fingerprint density at radius 3 is 2.89 bits per heavy atom. The van der Waals surface area contributed by atoms with Gasteiger partial charge < -0.3 is 15.6 Å². The monoisotopic (exact) mass is 278 g/mol. The van der Waals surface area contributed by atoms with Crippen LogP contribution in [0.1, 0.15) is 20.9 Å². The molecule has 1 aromatic carbocycles. The summed E-state index contributed by atoms with van der Waals surface area (Å²) in [7, 11) is 0. The van der Waals surface area contributed by atoms with Crippen LogP contribution in [0.3, 0.4) is 0 Å². The van der Waals surface area contributed by atoms with Gasteiger partial charge in [-0.3, -0.25) is 0 Å². The lowest BCUT2D eigenvalue weighted by Gasteiger charge is -2.09. The molecule has 3 N–H and O–H groups in total. The molecule has 1 aromatic heterocycles. The molecule has 6 heteroatoms. The largest absolute Gasteiger partial charge is 0.491 e. The average Bonchev–Trinajstić information content (AvgIpc) is 2.77. The van der Waals surface area contributed by atoms with Crippen LogP contribution in [-0.2, 0) is 6.42 Å². The second-order valence-corrected chi connectivity index (χ2v) is 4.96. The van der Waals surface area contributed by atoms with Crippen LogP contribution in [0, 0.1) is 6.92 Å². The number of ether oxygens (including phenoxy) is 1. The van der Waals surface area contributed by atoms with E-state index in [-0.39, 0.29) is 5.56 Å². The molecule has 0 radical (unpaired) electrons. The number of nitrogen functional groups attached to an aromatic ring is 1. The number of hydrogen-bond acceptors (Lipinski definition) is 5. The van der Waals surface area contributed by atoms with Gasteiger partial charge in [-0.1, -0.05) is 0 Å². The molecule has 0 aliphatic heterocycles. The molecule has 0 spiro atoms. The highest BCUT2D eigenvalue weighted by molar-refractivity contribution is 7.09. The Bertz CT molecular complexity index is 595. The zero-order chi connectivity index (χ0) is 13.8. The maximum atomic E-state index is 10.8. The number of anilines is 1. The van der Waals surface area contributed by atoms with Gasteiger partial charge in [0.1, 0.15) is 5.75 Å². The van der Waals surface area contributed by atoms with E-state index in [4.69, 9.17) is 15.6 Å². The van der Waals surface area contributed by atoms with Gasteiger partial charge in [0, 0.05) is 11.3 Å². The molecule has 1 heterocycles. The van der Waals surface area contributed by atoms with E-state index >= 15 is 0 Å². The fourth-order valence-corrected chi connectivity index (χ4v) is 2.40. The number of aromatic carboxylic acids is 1. The number of carboxylic acids is 1. The fraction of sp³-hybridized carbons (Fsp3) is 0.231. The first-order chi connectivity index (χ1) is 9.08. The Morgan fingerprint density at radius 1 is 1.53 bits per heavy atom. The third-order valence-electron chi connectivity index (χ3n) is 2.69. The first kappa shape index (κ1) is 13.4. The number of rotatable bonds is 5. The maximum absolute atomic E-state index is 10.8. The predicted octanol–water partition coefficient (Wildman–Crippen LogP) is 2.35. The number of hydrogen-bond donors (Lipinski definition) is 2. The minimum Gasteiger partial charge on any atom is -0.491 e. The van der Waals surface area contributed by atoms with Crippen LogP contribution in [0.25, 0.3) is 0 Å². The van der Waals surface area contributed by atoms with Gasteiger partial charge >= 0.3 is 5.97 Å². The van der Waals surface area contributed by atoms with Crippen LogP contribution >= 0.6 is 11.3 Å². The third kappa shape index (κ3) is 3.23. The number of carboxylic acid groups (broad SMARTS) is 1. The summed E-state index contributed by atoms with van der Waals surface area (Å²) < 4.78 is 5.56. The van der Waals surface area contributed by atoms with E-state index in [1.54, 1.807) is 22.9 Å². The number of aryl methyl sites for hydroxylation is 1. The van der Waals surface area contributed by atoms with E-state index < -0.39 is 5.97 Å². The number of thiazole rings is 1. The van der Waals surface area contributed by atoms with E-state index in [0.717, 1.165) is 12.1 Å². The Labute approximate surface area is 114 Å². The van der Waals surface area contributed by atoms with Gasteiger partial charge in [0.05, 0.1) is 29.1 Å². The normalized spacial score (nSPS) is 10.4. The molecule has 0 bridgehead atoms. The van der Waals surface area contributed by atoms with Crippen LogP contribution in [0.5, 0.6) is 5.75 Å². The van der Waals surface area contributed by atoms with Crippen molar-refractivity contribution in [3.63, 3.8) is 0 Å². The quantitative estimate of drug-likeness (QED) is 0.820. The SMILES string of the molecule is Cc1ncsc1CCOc1ccc(C(=O)O)cc1N. The van der Waals surface area contributed by atoms with E-state index in [9.17, 15) is 4.79 Å². The highest BCUT2D eigenvalue weighted by atomic mass is 32.1. The summed E-state index contributed by atoms with van der Waals surface area (Å²) in [5.74, 6) is -0.495. The molecule has 0 fully saturated rings. The number of benzene rings is 1. The van der Waals surface area contributed by atoms with Crippen LogP contribution < -0.4 is 10.5 Å². The van der Waals surface area contributed by atoms with Crippen LogP contribution in [0.4, 0.5) is 5.69 Å². The molecular weight excluding hydrogens is 264 g/mol. The van der Waals surface area contributed by atoms with Crippen molar-refractivity contribution >= 4 is 23.0 Å². The number of nitrogens with zero attached hydrogens (tertiary/aromatic N) is 1. The first-order valence-corrected chi connectivity index (χ1v) is 6.60. The molecule has 0 amide bonds. The fourth-order valence-electron chi connectivity index (χ4n) is 1.63. The molecule has 0 unspecified atom stereocenters. The molecule has 2 aromatic rings. The van der Waals surface area contributed by atoms with Crippen molar-refractivity contribution in [1.29, 1.82) is 0 Å². The molecule has 0 aliphatic carbocycles. The molecular formula is C13H14N2O3S. The van der Waals surface area contributed by atoms with Crippen molar-refractivity contribution in [2.24, 2.45) is 0 Å². The lowest BCUT2D eigenvalue weighted by atomic mass is 10.2. The Balaban J connectivity index is 1.96. The highest BCUT2D eigenvalue weighted by Crippen LogP contribution is 2.23. The van der Waals surface area contributed by atoms with Crippen molar-refractivity contribution in [3.8, 4) is 5.75 Å². The smallest absolute Gasteiger partial charge is 0.335 e. The van der Waals surface area contributed by atoms with Gasteiger partial charge in [-0.2, -0.15) is 0 Å². The minimum atomic E-state index is -1.00. The summed E-state index contributed by atoms with van der Waals surface area (Å²) >= 11 is 1.60. The van der Waals surface area contributed by atoms with E-state index in [2.05, 4.69) is 4.98 Å². The predicted molar refractivity (Wildman–Crippen MR) is 73.9 cm³/mol. The molecule has 0 saturated heterocycles. The van der Waals surface area contributed by atoms with Gasteiger partial charge in [-0.25, -0.2) is 9.78 Å². The van der Waals surface area contributed by atoms with Gasteiger partial charge in [0.2, 0.25) is 0 Å². The van der Waals surface area contributed by atoms with E-state index in [0.29, 0.717) is 18.0 Å². The van der Waals surface area contributed by atoms with Crippen LogP contribution in [0.15, 0.2) is 23.7 Å². The summed E-state index contributed by atoms with van der Waals surface area (Å²) in [4.78, 5) is 16.1. The Kier molecular flexibility index (Phi) is 4.01. The van der Waals surface area contributed by atoms with Gasteiger partial charge in [0.15, 0.2) is 0 Å². The maximum Gasteiger partial charge on any atom is 0.335 e. The van der Waals surface area contributed by atoms with Crippen molar-refractivity contribution < 1.29 is 14.6 Å². The second-order valence-electron chi connectivity index (χ2n) is 4.02. The minimum absolute atomic E-state index is 0.156. The molecule has 0 saturated carbocycles. The van der Waals surface area contributed by atoms with Crippen molar-refractivity contribution in [2.75, 3.05) is 12.3 Å². The van der Waals surface area contributed by atoms with E-state index in [1.807, 2.05) is 6.92 Å². The van der Waals surface area contributed by atoms with Crippen molar-refractivity contribution in [1.82, 2.24) is 4.98 Å². The molecule has 5 nitrogen and oxygen atoms in total. The van der Waals surface area contributed by atoms with Crippen molar-refractivity contribution in [2.45, 2.75) is 13.3 Å². The summed E-state index contributed by atoms with van der Waals surface area (Å²) in [6, 6.07) is 4.46. The molecule has 0 aliphatic rings. The third-order valence-corrected chi connectivity index (χ3v) is 3.68. The lowest BCUT2D eigenvalue weighted by molar-refractivity contribution is 0.0697. The lowest BCUT2D eigenvalue weighted by Crippen LogP contribution is -2.05. The standard InChI is InChI=1S/C13H14N2O3S/c1-8-12(19-7-15-8)4-5-18-11-3-2-9(13(16)17)6-10(11)14/h2-3,6-7H,4-5,14H2,1H3,(H,16,17). The van der Waals surface area contributed by atoms with E-state index in [1.165, 1.54) is 17.0 Å².